The molecule has 2 aromatic carbocycles. The van der Waals surface area contributed by atoms with Crippen molar-refractivity contribution in [2.75, 3.05) is 0 Å². The first kappa shape index (κ1) is 26.1. The third kappa shape index (κ3) is 6.13. The van der Waals surface area contributed by atoms with E-state index in [1.807, 2.05) is 49.1 Å². The van der Waals surface area contributed by atoms with Crippen molar-refractivity contribution < 1.29 is 19.1 Å². The number of rotatable bonds is 6. The molecule has 1 saturated heterocycles. The van der Waals surface area contributed by atoms with Crippen LogP contribution in [0.25, 0.3) is 0 Å². The molecule has 1 aliphatic rings. The molecule has 0 aromatic heterocycles. The Morgan fingerprint density at radius 2 is 1.71 bits per heavy atom. The van der Waals surface area contributed by atoms with Crippen LogP contribution < -0.4 is 0 Å². The molecule has 7 heteroatoms. The van der Waals surface area contributed by atoms with Crippen molar-refractivity contribution in [2.24, 2.45) is 0 Å². The molecule has 1 fully saturated rings. The zero-order valence-corrected chi connectivity index (χ0v) is 21.7. The second-order valence-corrected chi connectivity index (χ2v) is 10.2. The van der Waals surface area contributed by atoms with E-state index in [0.717, 1.165) is 30.0 Å². The van der Waals surface area contributed by atoms with Gasteiger partial charge in [0.05, 0.1) is 12.1 Å². The van der Waals surface area contributed by atoms with Crippen molar-refractivity contribution in [1.82, 2.24) is 4.90 Å². The molecule has 0 bridgehead atoms. The summed E-state index contributed by atoms with van der Waals surface area (Å²) in [6, 6.07) is 14.2. The molecule has 3 rings (SSSR count). The van der Waals surface area contributed by atoms with E-state index in [1.54, 1.807) is 39.0 Å². The summed E-state index contributed by atoms with van der Waals surface area (Å²) in [7, 11) is 0. The predicted octanol–water partition coefficient (Wildman–Crippen LogP) is 7.05. The van der Waals surface area contributed by atoms with Crippen LogP contribution in [0.1, 0.15) is 70.7 Å². The van der Waals surface area contributed by atoms with E-state index in [2.05, 4.69) is 0 Å². The van der Waals surface area contributed by atoms with Crippen molar-refractivity contribution in [3.8, 4) is 0 Å². The van der Waals surface area contributed by atoms with Crippen molar-refractivity contribution in [1.29, 1.82) is 0 Å². The van der Waals surface area contributed by atoms with Gasteiger partial charge in [-0.2, -0.15) is 0 Å². The number of morpholine rings is 1. The van der Waals surface area contributed by atoms with Crippen LogP contribution in [0, 0.1) is 0 Å². The summed E-state index contributed by atoms with van der Waals surface area (Å²) in [4.78, 5) is 28.2. The van der Waals surface area contributed by atoms with Crippen LogP contribution in [-0.2, 0) is 19.1 Å². The number of carbonyl (C=O) groups excluding carboxylic acids is 2. The van der Waals surface area contributed by atoms with Crippen molar-refractivity contribution in [3.63, 3.8) is 0 Å². The van der Waals surface area contributed by atoms with E-state index in [1.165, 1.54) is 0 Å². The Kier molecular flexibility index (Phi) is 8.32. The number of halogens is 2. The lowest BCUT2D eigenvalue weighted by molar-refractivity contribution is -0.155. The molecule has 1 heterocycles. The third-order valence-electron chi connectivity index (χ3n) is 5.67. The monoisotopic (exact) mass is 503 g/mol. The summed E-state index contributed by atoms with van der Waals surface area (Å²) in [6.07, 6.45) is 2.05. The highest BCUT2D eigenvalue weighted by molar-refractivity contribution is 6.30. The lowest BCUT2D eigenvalue weighted by Crippen LogP contribution is -2.49. The topological polar surface area (TPSA) is 55.8 Å². The van der Waals surface area contributed by atoms with E-state index in [4.69, 9.17) is 32.7 Å². The summed E-state index contributed by atoms with van der Waals surface area (Å²) >= 11 is 12.5. The fourth-order valence-corrected chi connectivity index (χ4v) is 4.51. The molecular formula is C27H31Cl2NO4. The first-order chi connectivity index (χ1) is 16.0. The van der Waals surface area contributed by atoms with E-state index in [0.29, 0.717) is 10.0 Å². The second kappa shape index (κ2) is 10.8. The Balaban J connectivity index is 2.17. The Labute approximate surface area is 211 Å². The molecule has 0 aliphatic carbocycles. The maximum atomic E-state index is 13.8. The van der Waals surface area contributed by atoms with E-state index >= 15 is 0 Å². The molecule has 0 spiro atoms. The van der Waals surface area contributed by atoms with Gasteiger partial charge < -0.3 is 14.4 Å². The molecule has 2 aromatic rings. The average Bonchev–Trinajstić information content (AvgIpc) is 2.76. The van der Waals surface area contributed by atoms with E-state index < -0.39 is 23.7 Å². The summed E-state index contributed by atoms with van der Waals surface area (Å²) in [6.45, 7) is 9.40. The smallest absolute Gasteiger partial charge is 0.335 e. The molecule has 0 unspecified atom stereocenters. The normalized spacial score (nSPS) is 19.9. The number of benzene rings is 2. The summed E-state index contributed by atoms with van der Waals surface area (Å²) in [5.74, 6) is -1.02. The van der Waals surface area contributed by atoms with E-state index in [9.17, 15) is 9.59 Å². The van der Waals surface area contributed by atoms with Gasteiger partial charge in [-0.25, -0.2) is 4.79 Å². The molecule has 34 heavy (non-hydrogen) atoms. The van der Waals surface area contributed by atoms with Crippen molar-refractivity contribution in [2.45, 2.75) is 71.2 Å². The molecule has 2 atom stereocenters. The van der Waals surface area contributed by atoms with Gasteiger partial charge in [-0.1, -0.05) is 61.3 Å². The summed E-state index contributed by atoms with van der Waals surface area (Å²) in [5, 5.41) is 1.16. The summed E-state index contributed by atoms with van der Waals surface area (Å²) in [5.41, 5.74) is 0.982. The highest BCUT2D eigenvalue weighted by Crippen LogP contribution is 2.45. The minimum atomic E-state index is -0.695. The Hall–Kier alpha value is -2.50. The number of amides is 1. The Morgan fingerprint density at radius 1 is 1.06 bits per heavy atom. The SMILES string of the molecule is CCC(CC)N1C(=O)/C(=C/C(=O)OC(C)(C)C)O[C@H](c2cccc(Cl)c2)[C@H]1c1ccc(Cl)cc1. The lowest BCUT2D eigenvalue weighted by Gasteiger charge is -2.46. The number of hydrogen-bond acceptors (Lipinski definition) is 4. The quantitative estimate of drug-likeness (QED) is 0.313. The van der Waals surface area contributed by atoms with Gasteiger partial charge in [0.1, 0.15) is 11.7 Å². The molecule has 0 radical (unpaired) electrons. The molecule has 0 N–H and O–H groups in total. The van der Waals surface area contributed by atoms with Gasteiger partial charge in [0.2, 0.25) is 0 Å². The standard InChI is InChI=1S/C27H31Cl2NO4/c1-6-21(7-2)30-24(17-11-13-19(28)14-12-17)25(18-9-8-10-20(29)15-18)33-22(26(30)32)16-23(31)34-27(3,4)5/h8-16,21,24-25H,6-7H2,1-5H3/b22-16-/t24-,25-/m1/s1. The van der Waals surface area contributed by atoms with Crippen molar-refractivity contribution >= 4 is 35.1 Å². The van der Waals surface area contributed by atoms with Crippen LogP contribution in [0.2, 0.25) is 10.0 Å². The van der Waals surface area contributed by atoms with Crippen LogP contribution in [0.4, 0.5) is 0 Å². The van der Waals surface area contributed by atoms with Gasteiger partial charge in [0.25, 0.3) is 5.91 Å². The first-order valence-electron chi connectivity index (χ1n) is 11.5. The van der Waals surface area contributed by atoms with Gasteiger partial charge in [0.15, 0.2) is 5.76 Å². The summed E-state index contributed by atoms with van der Waals surface area (Å²) < 4.78 is 11.7. The zero-order chi connectivity index (χ0) is 25.0. The maximum absolute atomic E-state index is 13.8. The van der Waals surface area contributed by atoms with Crippen LogP contribution in [0.5, 0.6) is 0 Å². The Bertz CT molecular complexity index is 1060. The van der Waals surface area contributed by atoms with Crippen molar-refractivity contribution in [3.05, 3.63) is 81.5 Å². The van der Waals surface area contributed by atoms with Crippen LogP contribution in [-0.4, -0.2) is 28.4 Å². The number of ether oxygens (including phenoxy) is 2. The number of nitrogens with zero attached hydrogens (tertiary/aromatic N) is 1. The van der Waals surface area contributed by atoms with Gasteiger partial charge in [-0.3, -0.25) is 4.79 Å². The molecule has 182 valence electrons. The van der Waals surface area contributed by atoms with Crippen LogP contribution in [0.15, 0.2) is 60.4 Å². The highest BCUT2D eigenvalue weighted by atomic mass is 35.5. The molecule has 0 saturated carbocycles. The molecular weight excluding hydrogens is 473 g/mol. The van der Waals surface area contributed by atoms with E-state index in [-0.39, 0.29) is 17.7 Å². The lowest BCUT2D eigenvalue weighted by atomic mass is 9.90. The van der Waals surface area contributed by atoms with Crippen LogP contribution >= 0.6 is 23.2 Å². The molecule has 5 nitrogen and oxygen atoms in total. The number of esters is 1. The minimum absolute atomic E-state index is 0.0451. The minimum Gasteiger partial charge on any atom is -0.477 e. The fraction of sp³-hybridized carbons (Fsp3) is 0.407. The third-order valence-corrected chi connectivity index (χ3v) is 6.15. The van der Waals surface area contributed by atoms with Crippen LogP contribution in [0.3, 0.4) is 0 Å². The first-order valence-corrected chi connectivity index (χ1v) is 12.2. The number of carbonyl (C=O) groups is 2. The second-order valence-electron chi connectivity index (χ2n) is 9.31. The van der Waals surface area contributed by atoms with Gasteiger partial charge in [-0.05, 0) is 69.0 Å². The molecule has 1 aliphatic heterocycles. The maximum Gasteiger partial charge on any atom is 0.335 e. The van der Waals surface area contributed by atoms with Gasteiger partial charge in [0, 0.05) is 16.1 Å². The van der Waals surface area contributed by atoms with Gasteiger partial charge in [-0.15, -0.1) is 0 Å². The largest absolute Gasteiger partial charge is 0.477 e. The Morgan fingerprint density at radius 3 is 2.26 bits per heavy atom. The predicted molar refractivity (Wildman–Crippen MR) is 135 cm³/mol. The number of hydrogen-bond donors (Lipinski definition) is 0. The highest BCUT2D eigenvalue weighted by Gasteiger charge is 2.44. The average molecular weight is 504 g/mol. The fourth-order valence-electron chi connectivity index (χ4n) is 4.19. The van der Waals surface area contributed by atoms with Gasteiger partial charge >= 0.3 is 5.97 Å². The zero-order valence-electron chi connectivity index (χ0n) is 20.2. The molecule has 1 amide bonds.